The van der Waals surface area contributed by atoms with Crippen molar-refractivity contribution in [3.8, 4) is 5.75 Å². The zero-order chi connectivity index (χ0) is 20.3. The van der Waals surface area contributed by atoms with Crippen LogP contribution < -0.4 is 15.4 Å². The lowest BCUT2D eigenvalue weighted by molar-refractivity contribution is 0.198. The maximum absolute atomic E-state index is 5.21. The molecule has 0 aromatic heterocycles. The van der Waals surface area contributed by atoms with Gasteiger partial charge in [-0.05, 0) is 48.9 Å². The van der Waals surface area contributed by atoms with Crippen LogP contribution in [0.5, 0.6) is 5.75 Å². The third-order valence-corrected chi connectivity index (χ3v) is 5.49. The molecule has 5 heteroatoms. The fraction of sp³-hybridized carbons (Fsp3) is 0.458. The zero-order valence-corrected chi connectivity index (χ0v) is 17.7. The third kappa shape index (κ3) is 7.09. The van der Waals surface area contributed by atoms with Crippen molar-refractivity contribution < 1.29 is 4.74 Å². The molecule has 5 nitrogen and oxygen atoms in total. The number of aryl methyl sites for hydroxylation is 1. The Morgan fingerprint density at radius 1 is 1.03 bits per heavy atom. The van der Waals surface area contributed by atoms with Crippen molar-refractivity contribution in [1.29, 1.82) is 0 Å². The van der Waals surface area contributed by atoms with Crippen LogP contribution >= 0.6 is 0 Å². The van der Waals surface area contributed by atoms with Gasteiger partial charge in [0, 0.05) is 39.3 Å². The van der Waals surface area contributed by atoms with Crippen LogP contribution in [0.15, 0.2) is 59.6 Å². The Balaban J connectivity index is 1.33. The number of piperidine rings is 1. The fourth-order valence-electron chi connectivity index (χ4n) is 3.76. The van der Waals surface area contributed by atoms with Crippen LogP contribution in [0.4, 0.5) is 0 Å². The highest BCUT2D eigenvalue weighted by Crippen LogP contribution is 2.14. The molecule has 156 valence electrons. The Labute approximate surface area is 175 Å². The lowest BCUT2D eigenvalue weighted by atomic mass is 10.0. The molecule has 0 amide bonds. The lowest BCUT2D eigenvalue weighted by Gasteiger charge is -2.33. The number of guanidine groups is 1. The van der Waals surface area contributed by atoms with Crippen LogP contribution in [0.3, 0.4) is 0 Å². The van der Waals surface area contributed by atoms with Gasteiger partial charge >= 0.3 is 0 Å². The number of rotatable bonds is 8. The fourth-order valence-corrected chi connectivity index (χ4v) is 3.76. The van der Waals surface area contributed by atoms with Gasteiger partial charge in [-0.2, -0.15) is 0 Å². The minimum atomic E-state index is 0.495. The van der Waals surface area contributed by atoms with E-state index in [1.165, 1.54) is 11.1 Å². The standard InChI is InChI=1S/C24H34N4O/c1-25-24(26-16-6-9-20-10-12-23(29-2)13-11-20)27-22-14-17-28(18-15-22)19-21-7-4-3-5-8-21/h3-5,7-8,10-13,22H,6,9,14-19H2,1-2H3,(H2,25,26,27). The number of hydrogen-bond donors (Lipinski definition) is 2. The van der Waals surface area contributed by atoms with Gasteiger partial charge in [0.2, 0.25) is 0 Å². The first kappa shape index (κ1) is 21.2. The highest BCUT2D eigenvalue weighted by molar-refractivity contribution is 5.79. The molecule has 0 spiro atoms. The largest absolute Gasteiger partial charge is 0.497 e. The predicted molar refractivity (Wildman–Crippen MR) is 121 cm³/mol. The Kier molecular flexibility index (Phi) is 8.38. The topological polar surface area (TPSA) is 48.9 Å². The van der Waals surface area contributed by atoms with Gasteiger partial charge in [-0.25, -0.2) is 0 Å². The van der Waals surface area contributed by atoms with Gasteiger partial charge in [0.15, 0.2) is 5.96 Å². The number of nitrogens with zero attached hydrogens (tertiary/aromatic N) is 2. The van der Waals surface area contributed by atoms with E-state index in [9.17, 15) is 0 Å². The quantitative estimate of drug-likeness (QED) is 0.409. The summed E-state index contributed by atoms with van der Waals surface area (Å²) in [5.74, 6) is 1.83. The summed E-state index contributed by atoms with van der Waals surface area (Å²) in [5, 5.41) is 7.06. The lowest BCUT2D eigenvalue weighted by Crippen LogP contribution is -2.48. The van der Waals surface area contributed by atoms with Crippen molar-refractivity contribution in [2.24, 2.45) is 4.99 Å². The van der Waals surface area contributed by atoms with E-state index in [1.807, 2.05) is 19.2 Å². The Morgan fingerprint density at radius 3 is 2.41 bits per heavy atom. The maximum atomic E-state index is 5.21. The number of ether oxygens (including phenoxy) is 1. The monoisotopic (exact) mass is 394 g/mol. The third-order valence-electron chi connectivity index (χ3n) is 5.49. The van der Waals surface area contributed by atoms with E-state index in [-0.39, 0.29) is 0 Å². The molecule has 0 saturated carbocycles. The molecule has 3 rings (SSSR count). The van der Waals surface area contributed by atoms with Crippen molar-refractivity contribution in [3.63, 3.8) is 0 Å². The molecule has 1 aliphatic rings. The van der Waals surface area contributed by atoms with Crippen molar-refractivity contribution in [2.45, 2.75) is 38.3 Å². The normalized spacial score (nSPS) is 15.9. The average Bonchev–Trinajstić information content (AvgIpc) is 2.78. The Bertz CT molecular complexity index is 737. The molecule has 0 radical (unpaired) electrons. The van der Waals surface area contributed by atoms with Gasteiger partial charge in [-0.1, -0.05) is 42.5 Å². The molecule has 0 unspecified atom stereocenters. The van der Waals surface area contributed by atoms with E-state index in [0.717, 1.165) is 63.6 Å². The van der Waals surface area contributed by atoms with E-state index in [4.69, 9.17) is 4.74 Å². The van der Waals surface area contributed by atoms with E-state index >= 15 is 0 Å². The van der Waals surface area contributed by atoms with Crippen molar-refractivity contribution in [1.82, 2.24) is 15.5 Å². The first-order valence-electron chi connectivity index (χ1n) is 10.6. The van der Waals surface area contributed by atoms with Crippen LogP contribution in [0.1, 0.15) is 30.4 Å². The highest BCUT2D eigenvalue weighted by Gasteiger charge is 2.19. The smallest absolute Gasteiger partial charge is 0.191 e. The van der Waals surface area contributed by atoms with Gasteiger partial charge in [-0.15, -0.1) is 0 Å². The van der Waals surface area contributed by atoms with Crippen LogP contribution in [0.2, 0.25) is 0 Å². The second-order valence-electron chi connectivity index (χ2n) is 7.63. The first-order chi connectivity index (χ1) is 14.3. The van der Waals surface area contributed by atoms with Gasteiger partial charge in [0.05, 0.1) is 7.11 Å². The van der Waals surface area contributed by atoms with Crippen molar-refractivity contribution in [3.05, 3.63) is 65.7 Å². The van der Waals surface area contributed by atoms with Crippen molar-refractivity contribution >= 4 is 5.96 Å². The van der Waals surface area contributed by atoms with E-state index in [0.29, 0.717) is 6.04 Å². The second-order valence-corrected chi connectivity index (χ2v) is 7.63. The summed E-state index contributed by atoms with van der Waals surface area (Å²) in [6.45, 7) is 4.21. The molecule has 2 aromatic carbocycles. The molecule has 0 atom stereocenters. The van der Waals surface area contributed by atoms with Crippen LogP contribution in [-0.4, -0.2) is 50.7 Å². The summed E-state index contributed by atoms with van der Waals surface area (Å²) in [5.41, 5.74) is 2.73. The number of nitrogens with one attached hydrogen (secondary N) is 2. The molecule has 2 N–H and O–H groups in total. The molecule has 2 aromatic rings. The van der Waals surface area contributed by atoms with Crippen LogP contribution in [-0.2, 0) is 13.0 Å². The molecule has 0 aliphatic carbocycles. The Hall–Kier alpha value is -2.53. The average molecular weight is 395 g/mol. The summed E-state index contributed by atoms with van der Waals surface area (Å²) in [6, 6.07) is 19.5. The predicted octanol–water partition coefficient (Wildman–Crippen LogP) is 3.46. The highest BCUT2D eigenvalue weighted by atomic mass is 16.5. The van der Waals surface area contributed by atoms with Crippen LogP contribution in [0, 0.1) is 0 Å². The van der Waals surface area contributed by atoms with E-state index in [2.05, 4.69) is 63.0 Å². The number of likely N-dealkylation sites (tertiary alicyclic amines) is 1. The molecular weight excluding hydrogens is 360 g/mol. The summed E-state index contributed by atoms with van der Waals surface area (Å²) in [6.07, 6.45) is 4.42. The summed E-state index contributed by atoms with van der Waals surface area (Å²) in [4.78, 5) is 6.94. The number of aliphatic imine (C=N–C) groups is 1. The SMILES string of the molecule is CN=C(NCCCc1ccc(OC)cc1)NC1CCN(Cc2ccccc2)CC1. The number of benzene rings is 2. The van der Waals surface area contributed by atoms with Gasteiger partial charge in [-0.3, -0.25) is 9.89 Å². The molecule has 29 heavy (non-hydrogen) atoms. The summed E-state index contributed by atoms with van der Waals surface area (Å²) in [7, 11) is 3.55. The Morgan fingerprint density at radius 2 is 1.76 bits per heavy atom. The first-order valence-corrected chi connectivity index (χ1v) is 10.6. The van der Waals surface area contributed by atoms with Crippen LogP contribution in [0.25, 0.3) is 0 Å². The van der Waals surface area contributed by atoms with Gasteiger partial charge in [0.25, 0.3) is 0 Å². The van der Waals surface area contributed by atoms with E-state index < -0.39 is 0 Å². The maximum Gasteiger partial charge on any atom is 0.191 e. The van der Waals surface area contributed by atoms with Crippen molar-refractivity contribution in [2.75, 3.05) is 33.8 Å². The molecular formula is C24H34N4O. The minimum absolute atomic E-state index is 0.495. The minimum Gasteiger partial charge on any atom is -0.497 e. The molecule has 0 bridgehead atoms. The summed E-state index contributed by atoms with van der Waals surface area (Å²) < 4.78 is 5.21. The zero-order valence-electron chi connectivity index (χ0n) is 17.7. The molecule has 1 saturated heterocycles. The van der Waals surface area contributed by atoms with Gasteiger partial charge < -0.3 is 15.4 Å². The number of hydrogen-bond acceptors (Lipinski definition) is 3. The molecule has 1 fully saturated rings. The molecule has 1 heterocycles. The summed E-state index contributed by atoms with van der Waals surface area (Å²) >= 11 is 0. The number of methoxy groups -OCH3 is 1. The molecule has 1 aliphatic heterocycles. The van der Waals surface area contributed by atoms with Gasteiger partial charge in [0.1, 0.15) is 5.75 Å². The second kappa shape index (κ2) is 11.5. The van der Waals surface area contributed by atoms with E-state index in [1.54, 1.807) is 7.11 Å².